The minimum absolute atomic E-state index is 0.164. The Morgan fingerprint density at radius 2 is 1.86 bits per heavy atom. The summed E-state index contributed by atoms with van der Waals surface area (Å²) in [6.07, 6.45) is 5.81. The van der Waals surface area contributed by atoms with Crippen molar-refractivity contribution in [3.05, 3.63) is 48.5 Å². The van der Waals surface area contributed by atoms with Gasteiger partial charge in [0, 0.05) is 61.8 Å². The third-order valence-electron chi connectivity index (χ3n) is 5.25. The zero-order chi connectivity index (χ0) is 19.3. The number of fused-ring (bicyclic) bond motifs is 1. The van der Waals surface area contributed by atoms with E-state index in [1.165, 1.54) is 0 Å². The number of aromatic nitrogens is 3. The van der Waals surface area contributed by atoms with Crippen molar-refractivity contribution in [3.8, 4) is 11.1 Å². The van der Waals surface area contributed by atoms with Gasteiger partial charge < -0.3 is 0 Å². The fourth-order valence-corrected chi connectivity index (χ4v) is 3.67. The third-order valence-corrected chi connectivity index (χ3v) is 5.25. The van der Waals surface area contributed by atoms with E-state index in [2.05, 4.69) is 31.0 Å². The number of rotatable bonds is 7. The van der Waals surface area contributed by atoms with E-state index >= 15 is 0 Å². The van der Waals surface area contributed by atoms with Gasteiger partial charge >= 0.3 is 0 Å². The van der Waals surface area contributed by atoms with Crippen LogP contribution >= 0.6 is 0 Å². The zero-order valence-electron chi connectivity index (χ0n) is 15.8. The molecule has 0 unspecified atom stereocenters. The molecule has 0 bridgehead atoms. The second-order valence-corrected chi connectivity index (χ2v) is 7.25. The SMILES string of the molecule is O=C(Cc1cc2cc(-c3cn[nH]c3)ccc2cn1)CN1CCN(CCF)CC1. The van der Waals surface area contributed by atoms with Crippen molar-refractivity contribution in [2.75, 3.05) is 45.9 Å². The molecule has 7 heteroatoms. The summed E-state index contributed by atoms with van der Waals surface area (Å²) in [6.45, 7) is 3.87. The van der Waals surface area contributed by atoms with Crippen LogP contribution in [0, 0.1) is 0 Å². The maximum atomic E-state index is 12.5. The van der Waals surface area contributed by atoms with Crippen molar-refractivity contribution in [3.63, 3.8) is 0 Å². The predicted molar refractivity (Wildman–Crippen MR) is 107 cm³/mol. The summed E-state index contributed by atoms with van der Waals surface area (Å²) >= 11 is 0. The number of pyridine rings is 1. The largest absolute Gasteiger partial charge is 0.298 e. The Balaban J connectivity index is 1.39. The third kappa shape index (κ3) is 4.43. The van der Waals surface area contributed by atoms with Gasteiger partial charge in [0.1, 0.15) is 6.67 Å². The van der Waals surface area contributed by atoms with Crippen LogP contribution in [0.5, 0.6) is 0 Å². The first-order valence-electron chi connectivity index (χ1n) is 9.61. The molecule has 4 rings (SSSR count). The van der Waals surface area contributed by atoms with Crippen LogP contribution in [-0.4, -0.2) is 76.7 Å². The molecule has 0 saturated carbocycles. The van der Waals surface area contributed by atoms with Crippen molar-refractivity contribution in [2.45, 2.75) is 6.42 Å². The molecular weight excluding hydrogens is 357 g/mol. The number of H-pyrrole nitrogens is 1. The summed E-state index contributed by atoms with van der Waals surface area (Å²) < 4.78 is 12.4. The van der Waals surface area contributed by atoms with Gasteiger partial charge in [-0.2, -0.15) is 5.10 Å². The van der Waals surface area contributed by atoms with E-state index in [1.807, 2.05) is 30.6 Å². The Bertz CT molecular complexity index is 935. The van der Waals surface area contributed by atoms with E-state index in [9.17, 15) is 9.18 Å². The number of carbonyl (C=O) groups excluding carboxylic acids is 1. The van der Waals surface area contributed by atoms with E-state index in [1.54, 1.807) is 6.20 Å². The van der Waals surface area contributed by atoms with Gasteiger partial charge in [-0.25, -0.2) is 4.39 Å². The summed E-state index contributed by atoms with van der Waals surface area (Å²) in [7, 11) is 0. The standard InChI is InChI=1S/C21H24FN5O/c22-3-4-26-5-7-27(8-6-26)15-21(28)11-20-10-18-9-16(19-13-24-25-14-19)1-2-17(18)12-23-20/h1-2,9-10,12-14H,3-8,11,15H2,(H,24,25). The van der Waals surface area contributed by atoms with E-state index in [-0.39, 0.29) is 12.5 Å². The van der Waals surface area contributed by atoms with Gasteiger partial charge in [0.25, 0.3) is 0 Å². The fourth-order valence-electron chi connectivity index (χ4n) is 3.67. The Hall–Kier alpha value is -2.64. The summed E-state index contributed by atoms with van der Waals surface area (Å²) in [5.41, 5.74) is 2.90. The number of alkyl halides is 1. The predicted octanol–water partition coefficient (Wildman–Crippen LogP) is 2.32. The number of nitrogens with zero attached hydrogens (tertiary/aromatic N) is 4. The van der Waals surface area contributed by atoms with Gasteiger partial charge in [-0.05, 0) is 23.1 Å². The lowest BCUT2D eigenvalue weighted by molar-refractivity contribution is -0.120. The Morgan fingerprint density at radius 1 is 1.04 bits per heavy atom. The lowest BCUT2D eigenvalue weighted by Gasteiger charge is -2.33. The Labute approximate surface area is 163 Å². The average Bonchev–Trinajstić information content (AvgIpc) is 3.24. The average molecular weight is 381 g/mol. The number of ketones is 1. The highest BCUT2D eigenvalue weighted by molar-refractivity contribution is 5.88. The van der Waals surface area contributed by atoms with Crippen molar-refractivity contribution in [1.29, 1.82) is 0 Å². The molecular formula is C21H24FN5O. The minimum atomic E-state index is -0.311. The van der Waals surface area contributed by atoms with Gasteiger partial charge in [0.05, 0.1) is 19.2 Å². The molecule has 3 aromatic rings. The van der Waals surface area contributed by atoms with Gasteiger partial charge in [-0.3, -0.25) is 24.7 Å². The number of halogens is 1. The highest BCUT2D eigenvalue weighted by Gasteiger charge is 2.19. The molecule has 0 atom stereocenters. The maximum Gasteiger partial charge on any atom is 0.152 e. The Kier molecular flexibility index (Phi) is 5.73. The van der Waals surface area contributed by atoms with Crippen LogP contribution in [0.25, 0.3) is 21.9 Å². The van der Waals surface area contributed by atoms with Crippen molar-refractivity contribution < 1.29 is 9.18 Å². The molecule has 1 aromatic carbocycles. The molecule has 146 valence electrons. The van der Waals surface area contributed by atoms with Crippen LogP contribution < -0.4 is 0 Å². The smallest absolute Gasteiger partial charge is 0.152 e. The molecule has 28 heavy (non-hydrogen) atoms. The van der Waals surface area contributed by atoms with E-state index in [4.69, 9.17) is 0 Å². The summed E-state index contributed by atoms with van der Waals surface area (Å²) in [6, 6.07) is 8.17. The molecule has 1 aliphatic rings. The van der Waals surface area contributed by atoms with Gasteiger partial charge in [0.2, 0.25) is 0 Å². The number of hydrogen-bond acceptors (Lipinski definition) is 5. The molecule has 0 spiro atoms. The van der Waals surface area contributed by atoms with Crippen molar-refractivity contribution >= 4 is 16.6 Å². The van der Waals surface area contributed by atoms with Gasteiger partial charge in [0.15, 0.2) is 5.78 Å². The normalized spacial score (nSPS) is 15.9. The van der Waals surface area contributed by atoms with Crippen LogP contribution in [0.3, 0.4) is 0 Å². The van der Waals surface area contributed by atoms with Crippen LogP contribution in [0.1, 0.15) is 5.69 Å². The molecule has 3 heterocycles. The van der Waals surface area contributed by atoms with Gasteiger partial charge in [-0.15, -0.1) is 0 Å². The lowest BCUT2D eigenvalue weighted by atomic mass is 10.0. The fraction of sp³-hybridized carbons (Fsp3) is 0.381. The van der Waals surface area contributed by atoms with E-state index < -0.39 is 0 Å². The van der Waals surface area contributed by atoms with Crippen LogP contribution in [0.4, 0.5) is 4.39 Å². The summed E-state index contributed by atoms with van der Waals surface area (Å²) in [5, 5.41) is 8.94. The second kappa shape index (κ2) is 8.58. The van der Waals surface area contributed by atoms with Crippen molar-refractivity contribution in [1.82, 2.24) is 25.0 Å². The molecule has 1 aliphatic heterocycles. The quantitative estimate of drug-likeness (QED) is 0.680. The number of benzene rings is 1. The lowest BCUT2D eigenvalue weighted by Crippen LogP contribution is -2.48. The maximum absolute atomic E-state index is 12.5. The second-order valence-electron chi connectivity index (χ2n) is 7.25. The molecule has 0 radical (unpaired) electrons. The molecule has 2 aromatic heterocycles. The molecule has 6 nitrogen and oxygen atoms in total. The first kappa shape index (κ1) is 18.7. The number of aromatic amines is 1. The van der Waals surface area contributed by atoms with Crippen LogP contribution in [0.2, 0.25) is 0 Å². The zero-order valence-corrected chi connectivity index (χ0v) is 15.8. The van der Waals surface area contributed by atoms with Crippen LogP contribution in [-0.2, 0) is 11.2 Å². The first-order valence-corrected chi connectivity index (χ1v) is 9.61. The number of hydrogen-bond donors (Lipinski definition) is 1. The van der Waals surface area contributed by atoms with Crippen LogP contribution in [0.15, 0.2) is 42.9 Å². The van der Waals surface area contributed by atoms with Crippen molar-refractivity contribution in [2.24, 2.45) is 0 Å². The molecule has 0 amide bonds. The molecule has 0 aliphatic carbocycles. The number of carbonyl (C=O) groups is 1. The highest BCUT2D eigenvalue weighted by Crippen LogP contribution is 2.23. The number of piperazine rings is 1. The molecule has 1 saturated heterocycles. The number of Topliss-reactive ketones (excluding diaryl/α,β-unsaturated/α-hetero) is 1. The van der Waals surface area contributed by atoms with Gasteiger partial charge in [-0.1, -0.05) is 12.1 Å². The first-order chi connectivity index (χ1) is 13.7. The minimum Gasteiger partial charge on any atom is -0.298 e. The molecule has 1 N–H and O–H groups in total. The highest BCUT2D eigenvalue weighted by atomic mass is 19.1. The monoisotopic (exact) mass is 381 g/mol. The number of nitrogens with one attached hydrogen (secondary N) is 1. The Morgan fingerprint density at radius 3 is 2.61 bits per heavy atom. The van der Waals surface area contributed by atoms with E-state index in [0.717, 1.165) is 53.8 Å². The topological polar surface area (TPSA) is 65.1 Å². The van der Waals surface area contributed by atoms with E-state index in [0.29, 0.717) is 19.5 Å². The summed E-state index contributed by atoms with van der Waals surface area (Å²) in [4.78, 5) is 21.2. The molecule has 1 fully saturated rings. The summed E-state index contributed by atoms with van der Waals surface area (Å²) in [5.74, 6) is 0.164.